The third-order valence-electron chi connectivity index (χ3n) is 5.42. The maximum absolute atomic E-state index is 13.1. The third kappa shape index (κ3) is 4.14. The summed E-state index contributed by atoms with van der Waals surface area (Å²) >= 11 is 7.64. The van der Waals surface area contributed by atoms with Gasteiger partial charge in [-0.15, -0.1) is 5.10 Å². The topological polar surface area (TPSA) is 88.1 Å². The van der Waals surface area contributed by atoms with Crippen LogP contribution in [0.25, 0.3) is 0 Å². The number of hydrogen-bond donors (Lipinski definition) is 1. The smallest absolute Gasteiger partial charge is 0.328 e. The number of nitrogens with one attached hydrogen (secondary N) is 1. The lowest BCUT2D eigenvalue weighted by atomic mass is 9.74. The molecular weight excluding hydrogens is 412 g/mol. The summed E-state index contributed by atoms with van der Waals surface area (Å²) in [5.74, 6) is -0.117. The first-order chi connectivity index (χ1) is 13.9. The van der Waals surface area contributed by atoms with Crippen molar-refractivity contribution in [2.75, 3.05) is 12.8 Å². The molecule has 0 aliphatic heterocycles. The summed E-state index contributed by atoms with van der Waals surface area (Å²) in [5.41, 5.74) is -0.664. The van der Waals surface area contributed by atoms with Gasteiger partial charge in [0.15, 0.2) is 10.9 Å². The Bertz CT molecular complexity index is 957. The quantitative estimate of drug-likeness (QED) is 0.673. The molecule has 1 atom stereocenters. The van der Waals surface area contributed by atoms with Gasteiger partial charge in [-0.1, -0.05) is 48.5 Å². The number of aromatic amines is 1. The Labute approximate surface area is 178 Å². The number of nitrogens with zero attached hydrogens (tertiary/aromatic N) is 3. The highest BCUT2D eigenvalue weighted by molar-refractivity contribution is 7.99. The fraction of sp³-hybridized carbons (Fsp3) is 0.500. The molecule has 1 heterocycles. The summed E-state index contributed by atoms with van der Waals surface area (Å²) in [4.78, 5) is 39.6. The highest BCUT2D eigenvalue weighted by Crippen LogP contribution is 2.42. The van der Waals surface area contributed by atoms with E-state index in [-0.39, 0.29) is 23.1 Å². The predicted molar refractivity (Wildman–Crippen MR) is 113 cm³/mol. The Balaban J connectivity index is 1.86. The van der Waals surface area contributed by atoms with Crippen LogP contribution in [0.1, 0.15) is 44.6 Å². The molecule has 1 aromatic heterocycles. The lowest BCUT2D eigenvalue weighted by molar-refractivity contribution is -0.146. The lowest BCUT2D eigenvalue weighted by Crippen LogP contribution is -2.54. The predicted octanol–water partition coefficient (Wildman–Crippen LogP) is 3.22. The summed E-state index contributed by atoms with van der Waals surface area (Å²) in [6.07, 6.45) is 3.41. The first-order valence-corrected chi connectivity index (χ1v) is 11.1. The minimum absolute atomic E-state index is 0.0142. The maximum Gasteiger partial charge on any atom is 0.343 e. The molecule has 0 bridgehead atoms. The second kappa shape index (κ2) is 9.17. The number of hydrogen-bond acceptors (Lipinski definition) is 5. The van der Waals surface area contributed by atoms with Gasteiger partial charge in [-0.05, 0) is 31.7 Å². The van der Waals surface area contributed by atoms with Crippen molar-refractivity contribution in [3.8, 4) is 0 Å². The van der Waals surface area contributed by atoms with Gasteiger partial charge in [-0.2, -0.15) is 0 Å². The molecule has 1 amide bonds. The molecule has 156 valence electrons. The van der Waals surface area contributed by atoms with Crippen LogP contribution in [-0.4, -0.2) is 44.2 Å². The summed E-state index contributed by atoms with van der Waals surface area (Å²) in [7, 11) is 1.67. The van der Waals surface area contributed by atoms with E-state index in [2.05, 4.69) is 10.2 Å². The number of thioether (sulfide) groups is 1. The molecule has 3 rings (SSSR count). The molecule has 1 saturated carbocycles. The molecule has 7 nitrogen and oxygen atoms in total. The van der Waals surface area contributed by atoms with Crippen LogP contribution in [0.5, 0.6) is 0 Å². The van der Waals surface area contributed by atoms with Gasteiger partial charge in [0.1, 0.15) is 5.54 Å². The number of ketones is 1. The fourth-order valence-corrected chi connectivity index (χ4v) is 5.08. The van der Waals surface area contributed by atoms with Gasteiger partial charge in [-0.25, -0.2) is 9.89 Å². The van der Waals surface area contributed by atoms with E-state index in [1.165, 1.54) is 21.2 Å². The second-order valence-electron chi connectivity index (χ2n) is 7.17. The zero-order valence-corrected chi connectivity index (χ0v) is 18.2. The van der Waals surface area contributed by atoms with Crippen molar-refractivity contribution < 1.29 is 9.59 Å². The number of amides is 1. The van der Waals surface area contributed by atoms with Gasteiger partial charge >= 0.3 is 5.69 Å². The van der Waals surface area contributed by atoms with Gasteiger partial charge in [0.05, 0.1) is 5.75 Å². The van der Waals surface area contributed by atoms with Crippen molar-refractivity contribution in [1.82, 2.24) is 19.7 Å². The van der Waals surface area contributed by atoms with Crippen LogP contribution < -0.4 is 5.69 Å². The summed E-state index contributed by atoms with van der Waals surface area (Å²) in [6.45, 7) is 2.50. The van der Waals surface area contributed by atoms with Gasteiger partial charge in [-0.3, -0.25) is 14.2 Å². The average molecular weight is 437 g/mol. The maximum atomic E-state index is 13.1. The molecule has 1 N–H and O–H groups in total. The number of carbonyl (C=O) groups excluding carboxylic acids is 2. The Morgan fingerprint density at radius 3 is 2.79 bits per heavy atom. The van der Waals surface area contributed by atoms with Crippen LogP contribution in [0.15, 0.2) is 34.2 Å². The van der Waals surface area contributed by atoms with E-state index in [4.69, 9.17) is 11.6 Å². The number of halogens is 1. The average Bonchev–Trinajstić information content (AvgIpc) is 3.07. The number of benzene rings is 1. The summed E-state index contributed by atoms with van der Waals surface area (Å²) in [5, 5.41) is 7.40. The van der Waals surface area contributed by atoms with Crippen molar-refractivity contribution in [1.29, 1.82) is 0 Å². The number of rotatable bonds is 7. The van der Waals surface area contributed by atoms with Crippen molar-refractivity contribution in [2.24, 2.45) is 0 Å². The van der Waals surface area contributed by atoms with Crippen LogP contribution in [-0.2, 0) is 21.7 Å². The molecule has 1 aliphatic rings. The van der Waals surface area contributed by atoms with E-state index in [1.54, 1.807) is 13.1 Å². The van der Waals surface area contributed by atoms with Crippen LogP contribution in [0, 0.1) is 0 Å². The van der Waals surface area contributed by atoms with Crippen LogP contribution in [0.3, 0.4) is 0 Å². The number of carbonyl (C=O) groups is 2. The van der Waals surface area contributed by atoms with Crippen molar-refractivity contribution >= 4 is 35.1 Å². The van der Waals surface area contributed by atoms with Gasteiger partial charge in [0.2, 0.25) is 5.91 Å². The second-order valence-corrected chi connectivity index (χ2v) is 8.52. The number of H-pyrrole nitrogens is 1. The Morgan fingerprint density at radius 2 is 2.10 bits per heavy atom. The Kier molecular flexibility index (Phi) is 6.85. The number of aromatic nitrogens is 3. The highest BCUT2D eigenvalue weighted by atomic mass is 35.5. The molecule has 0 unspecified atom stereocenters. The van der Waals surface area contributed by atoms with Crippen LogP contribution in [0.2, 0.25) is 5.02 Å². The van der Waals surface area contributed by atoms with Crippen molar-refractivity contribution in [3.63, 3.8) is 0 Å². The molecule has 0 saturated heterocycles. The first kappa shape index (κ1) is 21.6. The molecule has 2 aromatic rings. The highest BCUT2D eigenvalue weighted by Gasteiger charge is 2.47. The van der Waals surface area contributed by atoms with Crippen molar-refractivity contribution in [3.05, 3.63) is 45.3 Å². The minimum Gasteiger partial charge on any atom is -0.328 e. The van der Waals surface area contributed by atoms with E-state index in [0.29, 0.717) is 35.1 Å². The lowest BCUT2D eigenvalue weighted by Gasteiger charge is -2.44. The van der Waals surface area contributed by atoms with Crippen LogP contribution in [0.4, 0.5) is 0 Å². The minimum atomic E-state index is -1.05. The standard InChI is InChI=1S/C20H25ClN4O3S/c1-3-12-25-18(28)22-23-19(25)29-13-17(27)24(2)20(11-7-6-10-16(20)26)14-8-4-5-9-15(14)21/h4-5,8-9H,3,6-7,10-13H2,1-2H3,(H,22,28)/t20-/m1/s1. The van der Waals surface area contributed by atoms with Crippen molar-refractivity contribution in [2.45, 2.75) is 56.3 Å². The molecule has 1 aliphatic carbocycles. The summed E-state index contributed by atoms with van der Waals surface area (Å²) in [6, 6.07) is 7.23. The summed E-state index contributed by atoms with van der Waals surface area (Å²) < 4.78 is 1.52. The monoisotopic (exact) mass is 436 g/mol. The normalized spacial score (nSPS) is 19.3. The molecule has 0 radical (unpaired) electrons. The van der Waals surface area contributed by atoms with E-state index in [9.17, 15) is 14.4 Å². The largest absolute Gasteiger partial charge is 0.343 e. The van der Waals surface area contributed by atoms with Crippen LogP contribution >= 0.6 is 23.4 Å². The van der Waals surface area contributed by atoms with Gasteiger partial charge < -0.3 is 4.90 Å². The zero-order chi connectivity index (χ0) is 21.0. The van der Waals surface area contributed by atoms with E-state index in [1.807, 2.05) is 25.1 Å². The van der Waals surface area contributed by atoms with E-state index >= 15 is 0 Å². The number of likely N-dealkylation sites (N-methyl/N-ethyl adjacent to an activating group) is 1. The Morgan fingerprint density at radius 1 is 1.34 bits per heavy atom. The van der Waals surface area contributed by atoms with Gasteiger partial charge in [0.25, 0.3) is 0 Å². The molecular formula is C20H25ClN4O3S. The first-order valence-electron chi connectivity index (χ1n) is 9.74. The molecule has 29 heavy (non-hydrogen) atoms. The Hall–Kier alpha value is -2.06. The zero-order valence-electron chi connectivity index (χ0n) is 16.6. The van der Waals surface area contributed by atoms with E-state index in [0.717, 1.165) is 19.3 Å². The molecule has 1 aromatic carbocycles. The third-order valence-corrected chi connectivity index (χ3v) is 6.71. The van der Waals surface area contributed by atoms with E-state index < -0.39 is 5.54 Å². The SMILES string of the molecule is CCCn1c(SCC(=O)N(C)[C@@]2(c3ccccc3Cl)CCCCC2=O)n[nH]c1=O. The molecule has 9 heteroatoms. The molecule has 0 spiro atoms. The molecule has 1 fully saturated rings. The number of Topliss-reactive ketones (excluding diaryl/α,β-unsaturated/α-hetero) is 1. The van der Waals surface area contributed by atoms with Gasteiger partial charge in [0, 0.05) is 30.6 Å². The fourth-order valence-electron chi connectivity index (χ4n) is 3.90.